The Morgan fingerprint density at radius 2 is 1.86 bits per heavy atom. The molecule has 0 bridgehead atoms. The van der Waals surface area contributed by atoms with Crippen LogP contribution in [0.1, 0.15) is 49.9 Å². The van der Waals surface area contributed by atoms with E-state index >= 15 is 0 Å². The summed E-state index contributed by atoms with van der Waals surface area (Å²) in [6.07, 6.45) is 3.59. The second-order valence-electron chi connectivity index (χ2n) is 5.97. The first-order valence-corrected chi connectivity index (χ1v) is 7.77. The van der Waals surface area contributed by atoms with Crippen molar-refractivity contribution in [2.45, 2.75) is 51.7 Å². The van der Waals surface area contributed by atoms with E-state index in [9.17, 15) is 14.7 Å². The SMILES string of the molecule is CC(OC(=O)c1ccc(O)cc1)C(=O)NC1CCCCC1C. The molecule has 1 saturated carbocycles. The van der Waals surface area contributed by atoms with Crippen LogP contribution in [0.2, 0.25) is 0 Å². The molecule has 120 valence electrons. The maximum atomic E-state index is 12.1. The fourth-order valence-corrected chi connectivity index (χ4v) is 2.71. The molecule has 5 heteroatoms. The highest BCUT2D eigenvalue weighted by molar-refractivity contribution is 5.92. The topological polar surface area (TPSA) is 75.6 Å². The number of hydrogen-bond donors (Lipinski definition) is 2. The van der Waals surface area contributed by atoms with Crippen LogP contribution in [0.3, 0.4) is 0 Å². The number of phenols is 1. The highest BCUT2D eigenvalue weighted by Crippen LogP contribution is 2.23. The van der Waals surface area contributed by atoms with E-state index < -0.39 is 12.1 Å². The smallest absolute Gasteiger partial charge is 0.338 e. The maximum absolute atomic E-state index is 12.1. The third-order valence-electron chi connectivity index (χ3n) is 4.20. The lowest BCUT2D eigenvalue weighted by Gasteiger charge is -2.30. The van der Waals surface area contributed by atoms with E-state index in [1.54, 1.807) is 6.92 Å². The summed E-state index contributed by atoms with van der Waals surface area (Å²) in [6, 6.07) is 5.91. The molecule has 0 saturated heterocycles. The Bertz CT molecular complexity index is 526. The Labute approximate surface area is 130 Å². The van der Waals surface area contributed by atoms with Crippen LogP contribution < -0.4 is 5.32 Å². The number of amides is 1. The van der Waals surface area contributed by atoms with E-state index in [4.69, 9.17) is 4.74 Å². The molecule has 1 aromatic rings. The molecule has 2 N–H and O–H groups in total. The first-order chi connectivity index (χ1) is 10.5. The Hall–Kier alpha value is -2.04. The van der Waals surface area contributed by atoms with E-state index in [1.807, 2.05) is 0 Å². The molecule has 1 amide bonds. The molecule has 1 fully saturated rings. The minimum absolute atomic E-state index is 0.0774. The standard InChI is InChI=1S/C17H23NO4/c1-11-5-3-4-6-15(11)18-16(20)12(2)22-17(21)13-7-9-14(19)10-8-13/h7-12,15,19H,3-6H2,1-2H3,(H,18,20). The van der Waals surface area contributed by atoms with Crippen molar-refractivity contribution >= 4 is 11.9 Å². The van der Waals surface area contributed by atoms with Gasteiger partial charge in [0, 0.05) is 6.04 Å². The lowest BCUT2D eigenvalue weighted by molar-refractivity contribution is -0.130. The molecule has 1 aliphatic carbocycles. The van der Waals surface area contributed by atoms with Gasteiger partial charge in [-0.2, -0.15) is 0 Å². The third kappa shape index (κ3) is 4.23. The number of hydrogen-bond acceptors (Lipinski definition) is 4. The average molecular weight is 305 g/mol. The summed E-state index contributed by atoms with van der Waals surface area (Å²) < 4.78 is 5.18. The molecule has 0 spiro atoms. The molecule has 1 aliphatic rings. The summed E-state index contributed by atoms with van der Waals surface area (Å²) in [4.78, 5) is 24.1. The van der Waals surface area contributed by atoms with Crippen LogP contribution >= 0.6 is 0 Å². The molecular weight excluding hydrogens is 282 g/mol. The molecule has 2 rings (SSSR count). The van der Waals surface area contributed by atoms with Crippen molar-refractivity contribution < 1.29 is 19.4 Å². The van der Waals surface area contributed by atoms with Crippen LogP contribution in [0, 0.1) is 5.92 Å². The largest absolute Gasteiger partial charge is 0.508 e. The van der Waals surface area contributed by atoms with E-state index in [0.29, 0.717) is 11.5 Å². The van der Waals surface area contributed by atoms with Crippen LogP contribution in [-0.4, -0.2) is 29.1 Å². The predicted octanol–water partition coefficient (Wildman–Crippen LogP) is 2.63. The molecule has 0 aromatic heterocycles. The number of aromatic hydroxyl groups is 1. The predicted molar refractivity (Wildman–Crippen MR) is 82.5 cm³/mol. The molecule has 0 radical (unpaired) electrons. The van der Waals surface area contributed by atoms with Crippen molar-refractivity contribution in [3.63, 3.8) is 0 Å². The van der Waals surface area contributed by atoms with Gasteiger partial charge < -0.3 is 15.2 Å². The molecule has 0 heterocycles. The van der Waals surface area contributed by atoms with Gasteiger partial charge in [0.2, 0.25) is 0 Å². The Morgan fingerprint density at radius 1 is 1.23 bits per heavy atom. The van der Waals surface area contributed by atoms with E-state index in [2.05, 4.69) is 12.2 Å². The maximum Gasteiger partial charge on any atom is 0.338 e. The fourth-order valence-electron chi connectivity index (χ4n) is 2.71. The van der Waals surface area contributed by atoms with Crippen LogP contribution in [0.15, 0.2) is 24.3 Å². The van der Waals surface area contributed by atoms with E-state index in [0.717, 1.165) is 19.3 Å². The fraction of sp³-hybridized carbons (Fsp3) is 0.529. The Morgan fingerprint density at radius 3 is 2.50 bits per heavy atom. The van der Waals surface area contributed by atoms with Gasteiger partial charge in [-0.25, -0.2) is 4.79 Å². The Kier molecular flexibility index (Phi) is 5.41. The number of carbonyl (C=O) groups excluding carboxylic acids is 2. The summed E-state index contributed by atoms with van der Waals surface area (Å²) in [5.41, 5.74) is 0.309. The van der Waals surface area contributed by atoms with Gasteiger partial charge in [0.05, 0.1) is 5.56 Å². The second-order valence-corrected chi connectivity index (χ2v) is 5.97. The normalized spacial score (nSPS) is 22.6. The van der Waals surface area contributed by atoms with Gasteiger partial charge in [-0.3, -0.25) is 4.79 Å². The summed E-state index contributed by atoms with van der Waals surface area (Å²) >= 11 is 0. The van der Waals surface area contributed by atoms with E-state index in [1.165, 1.54) is 30.7 Å². The van der Waals surface area contributed by atoms with Crippen molar-refractivity contribution in [1.29, 1.82) is 0 Å². The zero-order valence-electron chi connectivity index (χ0n) is 13.0. The Balaban J connectivity index is 1.87. The molecule has 22 heavy (non-hydrogen) atoms. The second kappa shape index (κ2) is 7.29. The zero-order valence-corrected chi connectivity index (χ0v) is 13.0. The number of carbonyl (C=O) groups is 2. The van der Waals surface area contributed by atoms with Gasteiger partial charge in [0.25, 0.3) is 5.91 Å². The van der Waals surface area contributed by atoms with Gasteiger partial charge in [0.1, 0.15) is 5.75 Å². The summed E-state index contributed by atoms with van der Waals surface area (Å²) in [6.45, 7) is 3.71. The number of nitrogens with one attached hydrogen (secondary N) is 1. The summed E-state index contributed by atoms with van der Waals surface area (Å²) in [7, 11) is 0. The van der Waals surface area contributed by atoms with Crippen LogP contribution in [0.4, 0.5) is 0 Å². The molecule has 1 aromatic carbocycles. The van der Waals surface area contributed by atoms with Crippen molar-refractivity contribution in [1.82, 2.24) is 5.32 Å². The first-order valence-electron chi connectivity index (χ1n) is 7.77. The minimum Gasteiger partial charge on any atom is -0.508 e. The van der Waals surface area contributed by atoms with Crippen molar-refractivity contribution in [2.75, 3.05) is 0 Å². The lowest BCUT2D eigenvalue weighted by Crippen LogP contribution is -2.45. The summed E-state index contributed by atoms with van der Waals surface area (Å²) in [5.74, 6) is -0.295. The van der Waals surface area contributed by atoms with Gasteiger partial charge in [-0.15, -0.1) is 0 Å². The average Bonchev–Trinajstić information content (AvgIpc) is 2.50. The van der Waals surface area contributed by atoms with Crippen molar-refractivity contribution in [3.8, 4) is 5.75 Å². The third-order valence-corrected chi connectivity index (χ3v) is 4.20. The van der Waals surface area contributed by atoms with Crippen molar-refractivity contribution in [2.24, 2.45) is 5.92 Å². The molecule has 3 unspecified atom stereocenters. The highest BCUT2D eigenvalue weighted by Gasteiger charge is 2.26. The van der Waals surface area contributed by atoms with Crippen molar-refractivity contribution in [3.05, 3.63) is 29.8 Å². The van der Waals surface area contributed by atoms with Crippen LogP contribution in [0.5, 0.6) is 5.75 Å². The van der Waals surface area contributed by atoms with E-state index in [-0.39, 0.29) is 17.7 Å². The van der Waals surface area contributed by atoms with Gasteiger partial charge in [-0.05, 0) is 49.9 Å². The van der Waals surface area contributed by atoms with Crippen LogP contribution in [-0.2, 0) is 9.53 Å². The quantitative estimate of drug-likeness (QED) is 0.839. The number of ether oxygens (including phenoxy) is 1. The summed E-state index contributed by atoms with van der Waals surface area (Å²) in [5, 5.41) is 12.2. The number of rotatable bonds is 4. The van der Waals surface area contributed by atoms with Crippen LogP contribution in [0.25, 0.3) is 0 Å². The molecular formula is C17H23NO4. The molecule has 5 nitrogen and oxygen atoms in total. The van der Waals surface area contributed by atoms with Gasteiger partial charge in [-0.1, -0.05) is 19.8 Å². The number of phenolic OH excluding ortho intramolecular Hbond substituents is 1. The molecule has 0 aliphatic heterocycles. The van der Waals surface area contributed by atoms with Gasteiger partial charge in [0.15, 0.2) is 6.10 Å². The minimum atomic E-state index is -0.838. The zero-order chi connectivity index (χ0) is 16.1. The number of benzene rings is 1. The highest BCUT2D eigenvalue weighted by atomic mass is 16.5. The monoisotopic (exact) mass is 305 g/mol. The number of esters is 1. The van der Waals surface area contributed by atoms with Gasteiger partial charge >= 0.3 is 5.97 Å². The molecule has 3 atom stereocenters. The lowest BCUT2D eigenvalue weighted by atomic mass is 9.86. The first kappa shape index (κ1) is 16.3.